The molecule has 0 aromatic heterocycles. The van der Waals surface area contributed by atoms with Crippen molar-refractivity contribution in [2.75, 3.05) is 63.9 Å². The number of morpholine rings is 1. The monoisotopic (exact) mass is 444 g/mol. The van der Waals surface area contributed by atoms with Gasteiger partial charge in [0.1, 0.15) is 6.10 Å². The van der Waals surface area contributed by atoms with Crippen LogP contribution in [0.5, 0.6) is 0 Å². The molecule has 2 amide bonds. The number of piperazine rings is 1. The van der Waals surface area contributed by atoms with Crippen molar-refractivity contribution in [3.05, 3.63) is 29.8 Å². The summed E-state index contributed by atoms with van der Waals surface area (Å²) in [5, 5.41) is 3.20. The summed E-state index contributed by atoms with van der Waals surface area (Å²) in [5.41, 5.74) is 2.32. The Kier molecular flexibility index (Phi) is 9.17. The summed E-state index contributed by atoms with van der Waals surface area (Å²) >= 11 is 0. The predicted molar refractivity (Wildman–Crippen MR) is 117 cm³/mol. The summed E-state index contributed by atoms with van der Waals surface area (Å²) in [6, 6.07) is 8.19. The standard InChI is InChI=1S/C20H28N4O3.2ClH/c25-19(24-8-3-5-16-4-1-2-6-17(16)24)15-22-9-11-23(12-10-22)20(26)18-14-21-7-13-27-18;;/h1-2,4,6,18,21H,3,5,7-15H2;2*1H. The minimum Gasteiger partial charge on any atom is -0.366 e. The first-order chi connectivity index (χ1) is 13.2. The van der Waals surface area contributed by atoms with E-state index in [0.717, 1.165) is 44.7 Å². The number of nitrogens with zero attached hydrogens (tertiary/aromatic N) is 3. The summed E-state index contributed by atoms with van der Waals surface area (Å²) < 4.78 is 5.57. The van der Waals surface area contributed by atoms with Crippen LogP contribution in [0.25, 0.3) is 0 Å². The molecule has 1 unspecified atom stereocenters. The number of nitrogens with one attached hydrogen (secondary N) is 1. The fraction of sp³-hybridized carbons (Fsp3) is 0.600. The van der Waals surface area contributed by atoms with E-state index in [1.54, 1.807) is 0 Å². The molecular formula is C20H30Cl2N4O3. The van der Waals surface area contributed by atoms with Crippen LogP contribution in [0.3, 0.4) is 0 Å². The highest BCUT2D eigenvalue weighted by Gasteiger charge is 2.30. The molecule has 3 heterocycles. The van der Waals surface area contributed by atoms with Gasteiger partial charge in [-0.1, -0.05) is 18.2 Å². The van der Waals surface area contributed by atoms with Crippen LogP contribution >= 0.6 is 24.8 Å². The van der Waals surface area contributed by atoms with Crippen LogP contribution in [0.15, 0.2) is 24.3 Å². The molecule has 3 aliphatic rings. The van der Waals surface area contributed by atoms with Crippen LogP contribution < -0.4 is 10.2 Å². The van der Waals surface area contributed by atoms with E-state index in [1.807, 2.05) is 28.0 Å². The van der Waals surface area contributed by atoms with Crippen LogP contribution in [-0.2, 0) is 20.7 Å². The minimum atomic E-state index is -0.364. The summed E-state index contributed by atoms with van der Waals surface area (Å²) in [6.45, 7) is 5.96. The van der Waals surface area contributed by atoms with Gasteiger partial charge in [0.25, 0.3) is 5.91 Å². The van der Waals surface area contributed by atoms with Gasteiger partial charge in [-0.15, -0.1) is 24.8 Å². The third-order valence-electron chi connectivity index (χ3n) is 5.66. The molecule has 1 atom stereocenters. The van der Waals surface area contributed by atoms with Crippen molar-refractivity contribution in [1.29, 1.82) is 0 Å². The lowest BCUT2D eigenvalue weighted by molar-refractivity contribution is -0.147. The highest BCUT2D eigenvalue weighted by Crippen LogP contribution is 2.26. The van der Waals surface area contributed by atoms with E-state index in [0.29, 0.717) is 32.8 Å². The van der Waals surface area contributed by atoms with Gasteiger partial charge in [-0.05, 0) is 24.5 Å². The van der Waals surface area contributed by atoms with Gasteiger partial charge in [0, 0.05) is 51.5 Å². The van der Waals surface area contributed by atoms with Crippen molar-refractivity contribution in [2.45, 2.75) is 18.9 Å². The van der Waals surface area contributed by atoms with E-state index < -0.39 is 0 Å². The molecule has 1 aromatic carbocycles. The number of halogens is 2. The Morgan fingerprint density at radius 2 is 1.83 bits per heavy atom. The molecule has 1 N–H and O–H groups in total. The van der Waals surface area contributed by atoms with Crippen molar-refractivity contribution < 1.29 is 14.3 Å². The number of benzene rings is 1. The molecular weight excluding hydrogens is 415 g/mol. The van der Waals surface area contributed by atoms with Crippen LogP contribution in [0, 0.1) is 0 Å². The van der Waals surface area contributed by atoms with E-state index >= 15 is 0 Å². The SMILES string of the molecule is Cl.Cl.O=C(C1CNCCO1)N1CCN(CC(=O)N2CCCc3ccccc32)CC1. The average molecular weight is 445 g/mol. The van der Waals surface area contributed by atoms with Crippen molar-refractivity contribution >= 4 is 42.3 Å². The molecule has 3 aliphatic heterocycles. The average Bonchev–Trinajstić information content (AvgIpc) is 2.74. The smallest absolute Gasteiger partial charge is 0.253 e. The molecule has 162 valence electrons. The first-order valence-corrected chi connectivity index (χ1v) is 9.94. The first-order valence-electron chi connectivity index (χ1n) is 9.94. The summed E-state index contributed by atoms with van der Waals surface area (Å²) in [7, 11) is 0. The second-order valence-corrected chi connectivity index (χ2v) is 7.44. The van der Waals surface area contributed by atoms with Gasteiger partial charge in [0.15, 0.2) is 0 Å². The normalized spacial score (nSPS) is 22.1. The molecule has 7 nitrogen and oxygen atoms in total. The Bertz CT molecular complexity index is 692. The lowest BCUT2D eigenvalue weighted by Gasteiger charge is -2.38. The van der Waals surface area contributed by atoms with Crippen molar-refractivity contribution in [3.63, 3.8) is 0 Å². The lowest BCUT2D eigenvalue weighted by atomic mass is 10.0. The molecule has 0 radical (unpaired) electrons. The number of amides is 2. The van der Waals surface area contributed by atoms with Crippen LogP contribution in [0.2, 0.25) is 0 Å². The third-order valence-corrected chi connectivity index (χ3v) is 5.66. The Labute approximate surface area is 184 Å². The number of para-hydroxylation sites is 1. The van der Waals surface area contributed by atoms with Crippen LogP contribution in [0.1, 0.15) is 12.0 Å². The number of aryl methyl sites for hydroxylation is 1. The van der Waals surface area contributed by atoms with Gasteiger partial charge >= 0.3 is 0 Å². The maximum atomic E-state index is 12.9. The van der Waals surface area contributed by atoms with Gasteiger partial charge in [-0.25, -0.2) is 0 Å². The second-order valence-electron chi connectivity index (χ2n) is 7.44. The van der Waals surface area contributed by atoms with Crippen molar-refractivity contribution in [2.24, 2.45) is 0 Å². The summed E-state index contributed by atoms with van der Waals surface area (Å²) in [4.78, 5) is 31.4. The first kappa shape index (κ1) is 23.9. The number of carbonyl (C=O) groups is 2. The van der Waals surface area contributed by atoms with Gasteiger partial charge in [-0.2, -0.15) is 0 Å². The molecule has 4 rings (SSSR count). The van der Waals surface area contributed by atoms with E-state index in [9.17, 15) is 9.59 Å². The number of hydrogen-bond donors (Lipinski definition) is 1. The van der Waals surface area contributed by atoms with E-state index in [4.69, 9.17) is 4.74 Å². The third kappa shape index (κ3) is 5.61. The summed E-state index contributed by atoms with van der Waals surface area (Å²) in [6.07, 6.45) is 1.69. The number of hydrogen-bond acceptors (Lipinski definition) is 5. The van der Waals surface area contributed by atoms with E-state index in [-0.39, 0.29) is 42.7 Å². The van der Waals surface area contributed by atoms with Gasteiger partial charge < -0.3 is 19.9 Å². The van der Waals surface area contributed by atoms with Gasteiger partial charge in [0.2, 0.25) is 5.91 Å². The number of anilines is 1. The number of rotatable bonds is 3. The Morgan fingerprint density at radius 1 is 1.07 bits per heavy atom. The topological polar surface area (TPSA) is 65.1 Å². The number of fused-ring (bicyclic) bond motifs is 1. The predicted octanol–water partition coefficient (Wildman–Crippen LogP) is 0.942. The molecule has 0 saturated carbocycles. The zero-order valence-corrected chi connectivity index (χ0v) is 18.2. The van der Waals surface area contributed by atoms with Gasteiger partial charge in [0.05, 0.1) is 13.2 Å². The van der Waals surface area contributed by atoms with Gasteiger partial charge in [-0.3, -0.25) is 14.5 Å². The fourth-order valence-corrected chi connectivity index (χ4v) is 4.12. The Hall–Kier alpha value is -1.38. The molecule has 29 heavy (non-hydrogen) atoms. The molecule has 1 aromatic rings. The van der Waals surface area contributed by atoms with Crippen LogP contribution in [0.4, 0.5) is 5.69 Å². The zero-order chi connectivity index (χ0) is 18.6. The number of carbonyl (C=O) groups excluding carboxylic acids is 2. The van der Waals surface area contributed by atoms with Crippen molar-refractivity contribution in [3.8, 4) is 0 Å². The summed E-state index contributed by atoms with van der Waals surface area (Å²) in [5.74, 6) is 0.222. The minimum absolute atomic E-state index is 0. The highest BCUT2D eigenvalue weighted by atomic mass is 35.5. The molecule has 9 heteroatoms. The van der Waals surface area contributed by atoms with E-state index in [2.05, 4.69) is 16.3 Å². The maximum absolute atomic E-state index is 12.9. The molecule has 0 spiro atoms. The second kappa shape index (κ2) is 11.1. The zero-order valence-electron chi connectivity index (χ0n) is 16.5. The molecule has 0 aliphatic carbocycles. The Balaban J connectivity index is 0.00000150. The quantitative estimate of drug-likeness (QED) is 0.751. The highest BCUT2D eigenvalue weighted by molar-refractivity contribution is 5.96. The molecule has 0 bridgehead atoms. The van der Waals surface area contributed by atoms with Crippen LogP contribution in [-0.4, -0.2) is 86.7 Å². The Morgan fingerprint density at radius 3 is 2.55 bits per heavy atom. The largest absolute Gasteiger partial charge is 0.366 e. The molecule has 2 saturated heterocycles. The maximum Gasteiger partial charge on any atom is 0.253 e. The van der Waals surface area contributed by atoms with E-state index in [1.165, 1.54) is 5.56 Å². The number of ether oxygens (including phenoxy) is 1. The van der Waals surface area contributed by atoms with Crippen molar-refractivity contribution in [1.82, 2.24) is 15.1 Å². The lowest BCUT2D eigenvalue weighted by Crippen LogP contribution is -2.56. The molecule has 2 fully saturated rings. The fourth-order valence-electron chi connectivity index (χ4n) is 4.12.